The molecule has 0 radical (unpaired) electrons. The van der Waals surface area contributed by atoms with Crippen LogP contribution in [0.2, 0.25) is 18.1 Å². The van der Waals surface area contributed by atoms with Gasteiger partial charge in [0, 0.05) is 6.08 Å². The van der Waals surface area contributed by atoms with E-state index in [-0.39, 0.29) is 16.4 Å². The molecular weight excluding hydrogens is 412 g/mol. The van der Waals surface area contributed by atoms with Crippen molar-refractivity contribution >= 4 is 14.3 Å². The lowest BCUT2D eigenvalue weighted by atomic mass is 9.55. The Balaban J connectivity index is 1.55. The van der Waals surface area contributed by atoms with Crippen LogP contribution in [0.15, 0.2) is 29.8 Å². The molecule has 0 heterocycles. The number of hydrogen-bond donors (Lipinski definition) is 0. The fourth-order valence-corrected chi connectivity index (χ4v) is 7.50. The summed E-state index contributed by atoms with van der Waals surface area (Å²) in [5, 5.41) is 0.207. The molecule has 4 heteroatoms. The number of allylic oxidation sites excluding steroid dienone is 1. The Kier molecular flexibility index (Phi) is 6.15. The van der Waals surface area contributed by atoms with E-state index in [0.717, 1.165) is 24.5 Å². The van der Waals surface area contributed by atoms with Gasteiger partial charge in [-0.2, -0.15) is 0 Å². The van der Waals surface area contributed by atoms with E-state index in [0.29, 0.717) is 18.4 Å². The Morgan fingerprint density at radius 1 is 1.19 bits per heavy atom. The van der Waals surface area contributed by atoms with Crippen LogP contribution < -0.4 is 4.43 Å². The molecule has 0 aromatic heterocycles. The number of carbonyl (C=O) groups is 1. The van der Waals surface area contributed by atoms with Gasteiger partial charge < -0.3 is 9.16 Å². The molecule has 2 saturated carbocycles. The van der Waals surface area contributed by atoms with Crippen molar-refractivity contribution in [1.29, 1.82) is 0 Å². The van der Waals surface area contributed by atoms with Gasteiger partial charge in [0.25, 0.3) is 0 Å². The molecule has 2 fully saturated rings. The highest BCUT2D eigenvalue weighted by Gasteiger charge is 2.52. The van der Waals surface area contributed by atoms with Gasteiger partial charge in [-0.1, -0.05) is 39.3 Å². The van der Waals surface area contributed by atoms with E-state index in [2.05, 4.69) is 59.0 Å². The second-order valence-corrected chi connectivity index (χ2v) is 16.8. The Morgan fingerprint density at radius 3 is 2.62 bits per heavy atom. The van der Waals surface area contributed by atoms with Gasteiger partial charge in [0.2, 0.25) is 8.32 Å². The van der Waals surface area contributed by atoms with E-state index in [1.54, 1.807) is 5.56 Å². The van der Waals surface area contributed by atoms with Crippen LogP contribution in [0.5, 0.6) is 5.75 Å². The van der Waals surface area contributed by atoms with Gasteiger partial charge in [-0.3, -0.25) is 0 Å². The van der Waals surface area contributed by atoms with Crippen molar-refractivity contribution in [3.05, 3.63) is 41.0 Å². The van der Waals surface area contributed by atoms with Crippen molar-refractivity contribution in [3.8, 4) is 5.75 Å². The van der Waals surface area contributed by atoms with Crippen molar-refractivity contribution in [2.24, 2.45) is 17.3 Å². The number of esters is 1. The molecule has 0 spiro atoms. The third-order valence-electron chi connectivity index (χ3n) is 9.30. The minimum Gasteiger partial charge on any atom is -0.543 e. The lowest BCUT2D eigenvalue weighted by Crippen LogP contribution is -2.44. The molecule has 0 aliphatic heterocycles. The summed E-state index contributed by atoms with van der Waals surface area (Å²) in [4.78, 5) is 12.1. The number of ether oxygens (including phenoxy) is 1. The smallest absolute Gasteiger partial charge is 0.330 e. The molecule has 4 atom stereocenters. The molecule has 0 saturated heterocycles. The maximum atomic E-state index is 12.1. The molecule has 0 bridgehead atoms. The Bertz CT molecular complexity index is 910. The van der Waals surface area contributed by atoms with Crippen molar-refractivity contribution in [2.45, 2.75) is 97.2 Å². The summed E-state index contributed by atoms with van der Waals surface area (Å²) >= 11 is 0. The van der Waals surface area contributed by atoms with Crippen LogP contribution in [0.25, 0.3) is 0 Å². The topological polar surface area (TPSA) is 35.5 Å². The van der Waals surface area contributed by atoms with Gasteiger partial charge in [-0.05, 0) is 110 Å². The van der Waals surface area contributed by atoms with Gasteiger partial charge in [0.05, 0.1) is 6.61 Å². The van der Waals surface area contributed by atoms with Crippen LogP contribution in [0.4, 0.5) is 0 Å². The molecule has 1 aromatic carbocycles. The summed E-state index contributed by atoms with van der Waals surface area (Å²) in [6, 6.07) is 6.96. The van der Waals surface area contributed by atoms with Crippen LogP contribution in [-0.4, -0.2) is 20.9 Å². The number of hydrogen-bond acceptors (Lipinski definition) is 3. The number of benzene rings is 1. The summed E-state index contributed by atoms with van der Waals surface area (Å²) < 4.78 is 11.8. The zero-order valence-electron chi connectivity index (χ0n) is 21.2. The van der Waals surface area contributed by atoms with Gasteiger partial charge >= 0.3 is 5.97 Å². The van der Waals surface area contributed by atoms with Gasteiger partial charge in [-0.25, -0.2) is 4.79 Å². The molecule has 0 amide bonds. The van der Waals surface area contributed by atoms with Crippen molar-refractivity contribution in [1.82, 2.24) is 0 Å². The molecule has 3 aliphatic carbocycles. The number of carbonyl (C=O) groups excluding carboxylic acids is 1. The molecule has 176 valence electrons. The minimum atomic E-state index is -1.82. The van der Waals surface area contributed by atoms with Crippen LogP contribution >= 0.6 is 0 Å². The zero-order valence-corrected chi connectivity index (χ0v) is 22.2. The summed E-state index contributed by atoms with van der Waals surface area (Å²) in [6.45, 7) is 16.3. The number of rotatable bonds is 4. The highest BCUT2D eigenvalue weighted by atomic mass is 28.4. The van der Waals surface area contributed by atoms with Crippen molar-refractivity contribution in [3.63, 3.8) is 0 Å². The maximum Gasteiger partial charge on any atom is 0.330 e. The van der Waals surface area contributed by atoms with Crippen molar-refractivity contribution in [2.75, 3.05) is 6.61 Å². The van der Waals surface area contributed by atoms with Gasteiger partial charge in [-0.15, -0.1) is 0 Å². The average Bonchev–Trinajstić information content (AvgIpc) is 3.03. The summed E-state index contributed by atoms with van der Waals surface area (Å²) in [6.07, 6.45) is 8.88. The standard InChI is InChI=1S/C28H42O3Si/c1-8-30-26(29)18-20-10-14-25-24-12-9-19-17-21(31-32(6,7)27(2,3)4)11-13-22(19)23(24)15-16-28(20,25)5/h11,13,17-18,23-25H,8-10,12,14-16H2,1-7H3/b20-18+. The summed E-state index contributed by atoms with van der Waals surface area (Å²) in [7, 11) is -1.82. The lowest BCUT2D eigenvalue weighted by molar-refractivity contribution is -0.137. The normalized spacial score (nSPS) is 31.0. The van der Waals surface area contributed by atoms with Crippen LogP contribution in [0, 0.1) is 17.3 Å². The molecule has 0 N–H and O–H groups in total. The highest BCUT2D eigenvalue weighted by molar-refractivity contribution is 6.74. The first-order valence-corrected chi connectivity index (χ1v) is 15.6. The largest absolute Gasteiger partial charge is 0.543 e. The molecular formula is C28H42O3Si. The highest BCUT2D eigenvalue weighted by Crippen LogP contribution is 2.62. The van der Waals surface area contributed by atoms with Crippen LogP contribution in [0.1, 0.15) is 83.8 Å². The quantitative estimate of drug-likeness (QED) is 0.270. The third-order valence-corrected chi connectivity index (χ3v) is 13.7. The number of aryl methyl sites for hydroxylation is 1. The molecule has 4 rings (SSSR count). The molecule has 1 aromatic rings. The Morgan fingerprint density at radius 2 is 1.94 bits per heavy atom. The van der Waals surface area contributed by atoms with E-state index < -0.39 is 8.32 Å². The molecule has 3 nitrogen and oxygen atoms in total. The van der Waals surface area contributed by atoms with Gasteiger partial charge in [0.15, 0.2) is 0 Å². The monoisotopic (exact) mass is 454 g/mol. The summed E-state index contributed by atoms with van der Waals surface area (Å²) in [5.41, 5.74) is 4.57. The molecule has 4 unspecified atom stereocenters. The van der Waals surface area contributed by atoms with E-state index in [4.69, 9.17) is 9.16 Å². The second kappa shape index (κ2) is 8.34. The van der Waals surface area contributed by atoms with E-state index in [1.165, 1.54) is 36.8 Å². The van der Waals surface area contributed by atoms with E-state index >= 15 is 0 Å². The first kappa shape index (κ1) is 23.6. The fourth-order valence-electron chi connectivity index (χ4n) is 6.48. The first-order valence-electron chi connectivity index (χ1n) is 12.7. The van der Waals surface area contributed by atoms with Crippen LogP contribution in [-0.2, 0) is 16.0 Å². The molecule has 3 aliphatic rings. The van der Waals surface area contributed by atoms with E-state index in [1.807, 2.05) is 13.0 Å². The van der Waals surface area contributed by atoms with Crippen LogP contribution in [0.3, 0.4) is 0 Å². The zero-order chi connectivity index (χ0) is 23.3. The van der Waals surface area contributed by atoms with Crippen molar-refractivity contribution < 1.29 is 14.0 Å². The predicted octanol–water partition coefficient (Wildman–Crippen LogP) is 7.42. The second-order valence-electron chi connectivity index (χ2n) is 12.1. The predicted molar refractivity (Wildman–Crippen MR) is 134 cm³/mol. The lowest BCUT2D eigenvalue weighted by Gasteiger charge is -2.49. The van der Waals surface area contributed by atoms with E-state index in [9.17, 15) is 4.79 Å². The summed E-state index contributed by atoms with van der Waals surface area (Å²) in [5.74, 6) is 2.96. The third kappa shape index (κ3) is 4.08. The minimum absolute atomic E-state index is 0.158. The maximum absolute atomic E-state index is 12.1. The fraction of sp³-hybridized carbons (Fsp3) is 0.679. The number of fused-ring (bicyclic) bond motifs is 5. The first-order chi connectivity index (χ1) is 15.0. The Hall–Kier alpha value is -1.55. The SMILES string of the molecule is CCOC(=O)/C=C1\CCC2C3CCc4cc(O[Si](C)(C)C(C)(C)C)ccc4C3CCC12C. The average molecular weight is 455 g/mol. The molecule has 32 heavy (non-hydrogen) atoms. The van der Waals surface area contributed by atoms with Gasteiger partial charge in [0.1, 0.15) is 5.75 Å². The Labute approximate surface area is 196 Å².